The van der Waals surface area contributed by atoms with Crippen LogP contribution in [0, 0.1) is 0 Å². The summed E-state index contributed by atoms with van der Waals surface area (Å²) in [6.07, 6.45) is 0. The number of aromatic carboxylic acids is 4. The average Bonchev–Trinajstić information content (AvgIpc) is 2.89. The molecule has 0 aromatic heterocycles. The second-order valence-corrected chi connectivity index (χ2v) is 8.99. The fraction of sp³-hybridized carbons (Fsp3) is 0. The van der Waals surface area contributed by atoms with E-state index >= 15 is 0 Å². The van der Waals surface area contributed by atoms with Crippen molar-refractivity contribution in [1.82, 2.24) is 0 Å². The molecule has 0 saturated carbocycles. The summed E-state index contributed by atoms with van der Waals surface area (Å²) in [7, 11) is 0. The lowest BCUT2D eigenvalue weighted by atomic mass is 10.0. The Bertz CT molecular complexity index is 1460. The summed E-state index contributed by atoms with van der Waals surface area (Å²) in [4.78, 5) is 47.5. The van der Waals surface area contributed by atoms with Crippen LogP contribution >= 0.6 is 11.8 Å². The van der Waals surface area contributed by atoms with Gasteiger partial charge in [0.25, 0.3) is 0 Å². The number of hydrogen-bond donors (Lipinski definition) is 4. The van der Waals surface area contributed by atoms with E-state index in [1.165, 1.54) is 60.3 Å². The van der Waals surface area contributed by atoms with Gasteiger partial charge in [-0.05, 0) is 82.9 Å². The number of carboxylic acids is 4. The maximum atomic E-state index is 11.7. The van der Waals surface area contributed by atoms with Crippen molar-refractivity contribution in [2.24, 2.45) is 0 Å². The van der Waals surface area contributed by atoms with Crippen LogP contribution in [0.3, 0.4) is 0 Å². The molecule has 0 aliphatic rings. The summed E-state index contributed by atoms with van der Waals surface area (Å²) in [5, 5.41) is 37.9. The molecular weight excluding hydrogens is 496 g/mol. The Morgan fingerprint density at radius 2 is 0.811 bits per heavy atom. The fourth-order valence-electron chi connectivity index (χ4n) is 3.71. The first-order chi connectivity index (χ1) is 17.6. The van der Waals surface area contributed by atoms with Crippen LogP contribution < -0.4 is 0 Å². The lowest BCUT2D eigenvalue weighted by molar-refractivity contribution is 0.0686. The van der Waals surface area contributed by atoms with Gasteiger partial charge < -0.3 is 20.4 Å². The molecule has 0 aliphatic carbocycles. The zero-order chi connectivity index (χ0) is 26.7. The summed E-state index contributed by atoms with van der Waals surface area (Å²) in [5.74, 6) is -4.56. The van der Waals surface area contributed by atoms with Gasteiger partial charge in [-0.15, -0.1) is 0 Å². The number of hydrogen-bond acceptors (Lipinski definition) is 5. The quantitative estimate of drug-likeness (QED) is 0.223. The molecule has 0 bridgehead atoms. The highest BCUT2D eigenvalue weighted by Gasteiger charge is 2.17. The van der Waals surface area contributed by atoms with E-state index in [4.69, 9.17) is 0 Å². The summed E-state index contributed by atoms with van der Waals surface area (Å²) in [6, 6.07) is 21.1. The Hall–Kier alpha value is -4.89. The Morgan fingerprint density at radius 1 is 0.459 bits per heavy atom. The van der Waals surface area contributed by atoms with Crippen molar-refractivity contribution in [2.45, 2.75) is 9.79 Å². The largest absolute Gasteiger partial charge is 0.478 e. The average molecular weight is 515 g/mol. The van der Waals surface area contributed by atoms with Gasteiger partial charge in [-0.1, -0.05) is 36.0 Å². The third kappa shape index (κ3) is 5.52. The highest BCUT2D eigenvalue weighted by atomic mass is 32.2. The molecule has 0 amide bonds. The topological polar surface area (TPSA) is 149 Å². The number of benzene rings is 4. The van der Waals surface area contributed by atoms with Gasteiger partial charge in [-0.3, -0.25) is 0 Å². The molecule has 0 radical (unpaired) electrons. The van der Waals surface area contributed by atoms with Crippen molar-refractivity contribution in [1.29, 1.82) is 0 Å². The van der Waals surface area contributed by atoms with Crippen molar-refractivity contribution in [3.8, 4) is 22.3 Å². The normalized spacial score (nSPS) is 10.6. The van der Waals surface area contributed by atoms with E-state index in [0.717, 1.165) is 0 Å². The molecule has 0 heterocycles. The van der Waals surface area contributed by atoms with E-state index in [-0.39, 0.29) is 22.3 Å². The van der Waals surface area contributed by atoms with Crippen molar-refractivity contribution in [3.05, 3.63) is 107 Å². The monoisotopic (exact) mass is 514 g/mol. The molecule has 4 aromatic rings. The van der Waals surface area contributed by atoms with Crippen LogP contribution in [0.5, 0.6) is 0 Å². The third-order valence-electron chi connectivity index (χ3n) is 5.51. The number of carbonyl (C=O) groups is 4. The van der Waals surface area contributed by atoms with Crippen LogP contribution in [0.25, 0.3) is 22.3 Å². The molecule has 4 N–H and O–H groups in total. The first-order valence-electron chi connectivity index (χ1n) is 10.7. The molecule has 37 heavy (non-hydrogen) atoms. The molecule has 0 unspecified atom stereocenters. The van der Waals surface area contributed by atoms with Crippen molar-refractivity contribution >= 4 is 35.6 Å². The second kappa shape index (κ2) is 10.4. The van der Waals surface area contributed by atoms with E-state index in [1.54, 1.807) is 36.4 Å². The fourth-order valence-corrected chi connectivity index (χ4v) is 4.80. The first-order valence-corrected chi connectivity index (χ1v) is 11.6. The number of carboxylic acid groups (broad SMARTS) is 4. The predicted molar refractivity (Wildman–Crippen MR) is 136 cm³/mol. The minimum absolute atomic E-state index is 0.00989. The third-order valence-corrected chi connectivity index (χ3v) is 6.67. The summed E-state index contributed by atoms with van der Waals surface area (Å²) >= 11 is 1.22. The van der Waals surface area contributed by atoms with Gasteiger partial charge in [-0.25, -0.2) is 19.2 Å². The standard InChI is InChI=1S/C28H18O8S/c29-25(30)17-5-1-3-15(11-17)21-13-19(27(33)34)7-9-23(21)37-24-10-8-20(28(35)36)14-22(24)16-4-2-6-18(12-16)26(31)32/h1-14H,(H,29,30)(H,31,32)(H,33,34)(H,35,36). The van der Waals surface area contributed by atoms with Crippen LogP contribution in [0.1, 0.15) is 41.4 Å². The zero-order valence-corrected chi connectivity index (χ0v) is 19.7. The molecular formula is C28H18O8S. The highest BCUT2D eigenvalue weighted by molar-refractivity contribution is 7.99. The SMILES string of the molecule is O=C(O)c1cccc(-c2cc(C(=O)O)ccc2Sc2ccc(C(=O)O)cc2-c2cccc(C(=O)O)c2)c1. The first kappa shape index (κ1) is 25.2. The van der Waals surface area contributed by atoms with E-state index in [2.05, 4.69) is 0 Å². The smallest absolute Gasteiger partial charge is 0.335 e. The molecule has 0 aliphatic heterocycles. The van der Waals surface area contributed by atoms with Gasteiger partial charge in [0.15, 0.2) is 0 Å². The van der Waals surface area contributed by atoms with Crippen LogP contribution in [0.15, 0.2) is 94.7 Å². The van der Waals surface area contributed by atoms with Gasteiger partial charge in [0.1, 0.15) is 0 Å². The molecule has 9 heteroatoms. The van der Waals surface area contributed by atoms with E-state index in [0.29, 0.717) is 32.0 Å². The maximum Gasteiger partial charge on any atom is 0.335 e. The Labute approximate surface area is 214 Å². The van der Waals surface area contributed by atoms with Crippen LogP contribution in [0.2, 0.25) is 0 Å². The summed E-state index contributed by atoms with van der Waals surface area (Å²) in [5.41, 5.74) is 2.01. The maximum absolute atomic E-state index is 11.7. The van der Waals surface area contributed by atoms with E-state index in [9.17, 15) is 39.6 Å². The lowest BCUT2D eigenvalue weighted by Crippen LogP contribution is -2.00. The summed E-state index contributed by atoms with van der Waals surface area (Å²) in [6.45, 7) is 0. The minimum Gasteiger partial charge on any atom is -0.478 e. The van der Waals surface area contributed by atoms with Crippen LogP contribution in [-0.2, 0) is 0 Å². The molecule has 0 saturated heterocycles. The molecule has 0 atom stereocenters. The molecule has 4 rings (SSSR count). The Kier molecular flexibility index (Phi) is 7.08. The molecule has 0 fully saturated rings. The Balaban J connectivity index is 1.89. The molecule has 4 aromatic carbocycles. The van der Waals surface area contributed by atoms with Crippen molar-refractivity contribution in [2.75, 3.05) is 0 Å². The summed E-state index contributed by atoms with van der Waals surface area (Å²) < 4.78 is 0. The Morgan fingerprint density at radius 3 is 1.16 bits per heavy atom. The molecule has 184 valence electrons. The van der Waals surface area contributed by atoms with E-state index in [1.807, 2.05) is 0 Å². The van der Waals surface area contributed by atoms with Gasteiger partial charge >= 0.3 is 23.9 Å². The zero-order valence-electron chi connectivity index (χ0n) is 18.9. The minimum atomic E-state index is -1.15. The second-order valence-electron chi connectivity index (χ2n) is 7.91. The van der Waals surface area contributed by atoms with Gasteiger partial charge in [0.05, 0.1) is 22.3 Å². The van der Waals surface area contributed by atoms with Crippen molar-refractivity contribution in [3.63, 3.8) is 0 Å². The highest BCUT2D eigenvalue weighted by Crippen LogP contribution is 2.41. The van der Waals surface area contributed by atoms with Crippen LogP contribution in [0.4, 0.5) is 0 Å². The predicted octanol–water partition coefficient (Wildman–Crippen LogP) is 5.96. The number of rotatable bonds is 8. The lowest BCUT2D eigenvalue weighted by Gasteiger charge is -2.15. The molecule has 8 nitrogen and oxygen atoms in total. The van der Waals surface area contributed by atoms with Gasteiger partial charge in [0.2, 0.25) is 0 Å². The van der Waals surface area contributed by atoms with Crippen molar-refractivity contribution < 1.29 is 39.6 Å². The molecule has 0 spiro atoms. The van der Waals surface area contributed by atoms with Gasteiger partial charge in [-0.2, -0.15) is 0 Å². The van der Waals surface area contributed by atoms with E-state index < -0.39 is 23.9 Å². The van der Waals surface area contributed by atoms with Gasteiger partial charge in [0, 0.05) is 9.79 Å². The van der Waals surface area contributed by atoms with Crippen LogP contribution in [-0.4, -0.2) is 44.3 Å².